The number of hydrazone groups is 1. The summed E-state index contributed by atoms with van der Waals surface area (Å²) in [5.74, 6) is 0. The molecule has 0 spiro atoms. The Morgan fingerprint density at radius 1 is 1.00 bits per heavy atom. The molecule has 0 saturated carbocycles. The van der Waals surface area contributed by atoms with E-state index in [0.29, 0.717) is 17.2 Å². The zero-order valence-electron chi connectivity index (χ0n) is 15.6. The minimum absolute atomic E-state index is 0.209. The van der Waals surface area contributed by atoms with E-state index in [1.165, 1.54) is 4.41 Å². The summed E-state index contributed by atoms with van der Waals surface area (Å²) in [5, 5.41) is 5.07. The van der Waals surface area contributed by atoms with Crippen LogP contribution in [0.15, 0.2) is 87.3 Å². The minimum Gasteiger partial charge on any atom is -0.200 e. The molecule has 1 unspecified atom stereocenters. The largest absolute Gasteiger partial charge is 0.279 e. The number of benzene rings is 3. The number of nitrogens with zero attached hydrogens (tertiary/aromatic N) is 2. The van der Waals surface area contributed by atoms with Gasteiger partial charge in [0.25, 0.3) is 10.0 Å². The van der Waals surface area contributed by atoms with Crippen LogP contribution in [0.2, 0.25) is 5.02 Å². The van der Waals surface area contributed by atoms with E-state index in [9.17, 15) is 8.42 Å². The number of aryl methyl sites for hydroxylation is 1. The molecule has 0 bridgehead atoms. The number of hydrogen-bond acceptors (Lipinski definition) is 3. The van der Waals surface area contributed by atoms with Crippen LogP contribution >= 0.6 is 27.5 Å². The van der Waals surface area contributed by atoms with Crippen LogP contribution in [-0.2, 0) is 10.0 Å². The second kappa shape index (κ2) is 7.94. The normalized spacial score (nSPS) is 16.7. The van der Waals surface area contributed by atoms with Gasteiger partial charge in [0.15, 0.2) is 0 Å². The van der Waals surface area contributed by atoms with E-state index in [1.54, 1.807) is 30.3 Å². The molecule has 4 rings (SSSR count). The lowest BCUT2D eigenvalue weighted by molar-refractivity contribution is 0.371. The first kappa shape index (κ1) is 20.1. The Morgan fingerprint density at radius 2 is 1.66 bits per heavy atom. The second-order valence-electron chi connectivity index (χ2n) is 6.89. The van der Waals surface area contributed by atoms with Gasteiger partial charge in [-0.3, -0.25) is 0 Å². The molecule has 148 valence electrons. The van der Waals surface area contributed by atoms with Crippen molar-refractivity contribution in [3.8, 4) is 0 Å². The van der Waals surface area contributed by atoms with Crippen molar-refractivity contribution in [2.45, 2.75) is 24.3 Å². The first-order valence-electron chi connectivity index (χ1n) is 9.05. The maximum Gasteiger partial charge on any atom is 0.279 e. The molecular weight excluding hydrogens is 472 g/mol. The molecular formula is C22H18BrClN2O2S. The lowest BCUT2D eigenvalue weighted by atomic mass is 9.99. The molecule has 29 heavy (non-hydrogen) atoms. The standard InChI is InChI=1S/C22H18BrClN2O2S/c1-15-6-12-18(13-7-15)29(27,28)26-22(19-4-2-3-5-20(19)24)14-21(25-26)16-8-10-17(23)11-9-16/h2-13,22H,14H2,1H3. The van der Waals surface area contributed by atoms with Crippen molar-refractivity contribution in [2.75, 3.05) is 0 Å². The molecule has 1 aliphatic rings. The van der Waals surface area contributed by atoms with E-state index in [1.807, 2.05) is 49.4 Å². The Kier molecular flexibility index (Phi) is 5.51. The fourth-order valence-electron chi connectivity index (χ4n) is 3.32. The Morgan fingerprint density at radius 3 is 2.31 bits per heavy atom. The van der Waals surface area contributed by atoms with Gasteiger partial charge in [0, 0.05) is 15.9 Å². The predicted molar refractivity (Wildman–Crippen MR) is 120 cm³/mol. The fourth-order valence-corrected chi connectivity index (χ4v) is 5.27. The molecule has 0 aromatic heterocycles. The molecule has 0 amide bonds. The molecule has 0 radical (unpaired) electrons. The lowest BCUT2D eigenvalue weighted by Crippen LogP contribution is -2.27. The number of sulfonamides is 1. The molecule has 4 nitrogen and oxygen atoms in total. The Bertz CT molecular complexity index is 1180. The number of hydrogen-bond donors (Lipinski definition) is 0. The summed E-state index contributed by atoms with van der Waals surface area (Å²) >= 11 is 9.85. The van der Waals surface area contributed by atoms with Crippen molar-refractivity contribution in [2.24, 2.45) is 5.10 Å². The van der Waals surface area contributed by atoms with E-state index in [4.69, 9.17) is 11.6 Å². The van der Waals surface area contributed by atoms with Crippen molar-refractivity contribution in [3.63, 3.8) is 0 Å². The molecule has 7 heteroatoms. The molecule has 1 atom stereocenters. The van der Waals surface area contributed by atoms with Crippen LogP contribution in [0.5, 0.6) is 0 Å². The molecule has 0 N–H and O–H groups in total. The summed E-state index contributed by atoms with van der Waals surface area (Å²) in [5.41, 5.74) is 3.32. The topological polar surface area (TPSA) is 49.7 Å². The maximum atomic E-state index is 13.4. The molecule has 3 aromatic carbocycles. The van der Waals surface area contributed by atoms with Crippen LogP contribution in [0, 0.1) is 6.92 Å². The quantitative estimate of drug-likeness (QED) is 0.454. The zero-order valence-corrected chi connectivity index (χ0v) is 18.7. The van der Waals surface area contributed by atoms with Crippen molar-refractivity contribution in [1.82, 2.24) is 4.41 Å². The summed E-state index contributed by atoms with van der Waals surface area (Å²) in [4.78, 5) is 0.209. The van der Waals surface area contributed by atoms with Crippen LogP contribution in [0.25, 0.3) is 0 Å². The SMILES string of the molecule is Cc1ccc(S(=O)(=O)N2N=C(c3ccc(Br)cc3)CC2c2ccccc2Cl)cc1. The van der Waals surface area contributed by atoms with Crippen LogP contribution in [0.1, 0.15) is 29.2 Å². The first-order chi connectivity index (χ1) is 13.9. The van der Waals surface area contributed by atoms with E-state index in [2.05, 4.69) is 21.0 Å². The van der Waals surface area contributed by atoms with Crippen molar-refractivity contribution in [1.29, 1.82) is 0 Å². The van der Waals surface area contributed by atoms with E-state index in [-0.39, 0.29) is 4.90 Å². The molecule has 0 saturated heterocycles. The Labute approximate surface area is 184 Å². The maximum absolute atomic E-state index is 13.4. The predicted octanol–water partition coefficient (Wildman–Crippen LogP) is 5.95. The summed E-state index contributed by atoms with van der Waals surface area (Å²) in [6.07, 6.45) is 0.441. The second-order valence-corrected chi connectivity index (χ2v) is 10.0. The third kappa shape index (κ3) is 3.97. The average molecular weight is 490 g/mol. The van der Waals surface area contributed by atoms with Crippen molar-refractivity contribution < 1.29 is 8.42 Å². The van der Waals surface area contributed by atoms with E-state index in [0.717, 1.165) is 21.2 Å². The highest BCUT2D eigenvalue weighted by atomic mass is 79.9. The Hall–Kier alpha value is -2.15. The van der Waals surface area contributed by atoms with Crippen molar-refractivity contribution in [3.05, 3.63) is 99.0 Å². The summed E-state index contributed by atoms with van der Waals surface area (Å²) in [6, 6.07) is 21.3. The molecule has 0 aliphatic carbocycles. The molecule has 1 heterocycles. The van der Waals surface area contributed by atoms with Gasteiger partial charge in [-0.1, -0.05) is 75.6 Å². The van der Waals surface area contributed by atoms with Gasteiger partial charge in [0.1, 0.15) is 0 Å². The van der Waals surface area contributed by atoms with Crippen LogP contribution in [-0.4, -0.2) is 18.5 Å². The number of rotatable bonds is 4. The molecule has 3 aromatic rings. The highest BCUT2D eigenvalue weighted by Gasteiger charge is 2.38. The van der Waals surface area contributed by atoms with Gasteiger partial charge >= 0.3 is 0 Å². The highest BCUT2D eigenvalue weighted by molar-refractivity contribution is 9.10. The van der Waals surface area contributed by atoms with Gasteiger partial charge in [-0.2, -0.15) is 17.9 Å². The third-order valence-corrected chi connectivity index (χ3v) is 7.45. The highest BCUT2D eigenvalue weighted by Crippen LogP contribution is 2.39. The molecule has 0 fully saturated rings. The van der Waals surface area contributed by atoms with Gasteiger partial charge in [-0.15, -0.1) is 0 Å². The lowest BCUT2D eigenvalue weighted by Gasteiger charge is -2.24. The van der Waals surface area contributed by atoms with Gasteiger partial charge in [0.05, 0.1) is 16.6 Å². The first-order valence-corrected chi connectivity index (χ1v) is 11.7. The fraction of sp³-hybridized carbons (Fsp3) is 0.136. The van der Waals surface area contributed by atoms with Gasteiger partial charge in [-0.25, -0.2) is 0 Å². The van der Waals surface area contributed by atoms with Gasteiger partial charge < -0.3 is 0 Å². The monoisotopic (exact) mass is 488 g/mol. The smallest absolute Gasteiger partial charge is 0.200 e. The van der Waals surface area contributed by atoms with Gasteiger partial charge in [-0.05, 0) is 48.4 Å². The average Bonchev–Trinajstić information content (AvgIpc) is 3.15. The van der Waals surface area contributed by atoms with Crippen molar-refractivity contribution >= 4 is 43.3 Å². The minimum atomic E-state index is -3.84. The zero-order chi connectivity index (χ0) is 20.6. The Balaban J connectivity index is 1.82. The van der Waals surface area contributed by atoms with Crippen LogP contribution in [0.4, 0.5) is 0 Å². The van der Waals surface area contributed by atoms with Crippen LogP contribution < -0.4 is 0 Å². The van der Waals surface area contributed by atoms with Crippen LogP contribution in [0.3, 0.4) is 0 Å². The number of halogens is 2. The summed E-state index contributed by atoms with van der Waals surface area (Å²) in [6.45, 7) is 1.92. The summed E-state index contributed by atoms with van der Waals surface area (Å²) in [7, 11) is -3.84. The third-order valence-electron chi connectivity index (χ3n) is 4.88. The molecule has 1 aliphatic heterocycles. The van der Waals surface area contributed by atoms with Gasteiger partial charge in [0.2, 0.25) is 0 Å². The van der Waals surface area contributed by atoms with E-state index < -0.39 is 16.1 Å². The summed E-state index contributed by atoms with van der Waals surface area (Å²) < 4.78 is 29.0. The van der Waals surface area contributed by atoms with E-state index >= 15 is 0 Å².